The van der Waals surface area contributed by atoms with Gasteiger partial charge in [-0.1, -0.05) is 11.6 Å². The number of rotatable bonds is 0. The van der Waals surface area contributed by atoms with Crippen molar-refractivity contribution >= 4 is 17.8 Å². The maximum atomic E-state index is 5.66. The lowest BCUT2D eigenvalue weighted by atomic mass is 10.6. The highest BCUT2D eigenvalue weighted by Gasteiger charge is 2.19. The van der Waals surface area contributed by atoms with Gasteiger partial charge in [-0.3, -0.25) is 10.3 Å². The smallest absolute Gasteiger partial charge is 0.183 e. The zero-order valence-corrected chi connectivity index (χ0v) is 4.87. The van der Waals surface area contributed by atoms with Crippen LogP contribution in [-0.4, -0.2) is 17.9 Å². The Hall–Kier alpha value is -0.0800. The normalized spacial score (nSPS) is 39.7. The number of hydrogen-bond donors (Lipinski definition) is 1. The van der Waals surface area contributed by atoms with E-state index in [4.69, 9.17) is 11.6 Å². The molecule has 0 aromatic rings. The van der Waals surface area contributed by atoms with Crippen molar-refractivity contribution in [1.82, 2.24) is 5.32 Å². The second kappa shape index (κ2) is 1.46. The van der Waals surface area contributed by atoms with Gasteiger partial charge in [0, 0.05) is 12.8 Å². The Bertz CT molecular complexity index is 97.9. The number of aliphatic imine (C=N–C) groups is 1. The van der Waals surface area contributed by atoms with E-state index >= 15 is 0 Å². The van der Waals surface area contributed by atoms with Crippen molar-refractivity contribution in [2.45, 2.75) is 12.0 Å². The molecule has 1 rings (SSSR count). The Morgan fingerprint density at radius 1 is 2.00 bits per heavy atom. The van der Waals surface area contributed by atoms with Gasteiger partial charge in [-0.25, -0.2) is 0 Å². The summed E-state index contributed by atoms with van der Waals surface area (Å²) in [5.74, 6) is 0. The van der Waals surface area contributed by atoms with Crippen LogP contribution in [0.3, 0.4) is 0 Å². The van der Waals surface area contributed by atoms with Crippen molar-refractivity contribution < 1.29 is 0 Å². The maximum absolute atomic E-state index is 5.66. The lowest BCUT2D eigenvalue weighted by Gasteiger charge is -2.09. The molecule has 1 N–H and O–H groups in total. The summed E-state index contributed by atoms with van der Waals surface area (Å²) in [6, 6.07) is 0. The van der Waals surface area contributed by atoms with E-state index in [1.54, 1.807) is 6.21 Å². The summed E-state index contributed by atoms with van der Waals surface area (Å²) < 4.78 is 0. The molecule has 0 aromatic heterocycles. The number of alkyl halides is 1. The lowest BCUT2D eigenvalue weighted by molar-refractivity contribution is 0.588. The van der Waals surface area contributed by atoms with Crippen LogP contribution in [0.15, 0.2) is 4.99 Å². The van der Waals surface area contributed by atoms with Crippen molar-refractivity contribution in [1.29, 1.82) is 0 Å². The van der Waals surface area contributed by atoms with E-state index < -0.39 is 5.12 Å². The Labute approximate surface area is 47.6 Å². The molecule has 1 aliphatic rings. The first-order valence-electron chi connectivity index (χ1n) is 2.18. The van der Waals surface area contributed by atoms with Crippen LogP contribution in [0.1, 0.15) is 6.92 Å². The predicted molar refractivity (Wildman–Crippen MR) is 30.8 cm³/mol. The molecule has 0 fully saturated rings. The number of nitrogens with zero attached hydrogens (tertiary/aromatic N) is 1. The maximum Gasteiger partial charge on any atom is 0.183 e. The predicted octanol–water partition coefficient (Wildman–Crippen LogP) is 0.573. The molecular formula is C4H7ClN2. The quantitative estimate of drug-likeness (QED) is 0.365. The van der Waals surface area contributed by atoms with Gasteiger partial charge < -0.3 is 0 Å². The molecule has 0 aliphatic carbocycles. The molecule has 0 radical (unpaired) electrons. The van der Waals surface area contributed by atoms with E-state index in [2.05, 4.69) is 10.3 Å². The second-order valence-electron chi connectivity index (χ2n) is 1.65. The molecule has 0 aromatic carbocycles. The van der Waals surface area contributed by atoms with Gasteiger partial charge in [0.2, 0.25) is 0 Å². The van der Waals surface area contributed by atoms with Gasteiger partial charge in [0.15, 0.2) is 5.12 Å². The third kappa shape index (κ3) is 1.14. The molecule has 1 atom stereocenters. The van der Waals surface area contributed by atoms with Crippen LogP contribution >= 0.6 is 11.6 Å². The monoisotopic (exact) mass is 118 g/mol. The van der Waals surface area contributed by atoms with Crippen LogP contribution in [0.25, 0.3) is 0 Å². The average Bonchev–Trinajstić information content (AvgIpc) is 1.84. The number of halogens is 1. The zero-order chi connectivity index (χ0) is 5.33. The van der Waals surface area contributed by atoms with E-state index in [1.165, 1.54) is 0 Å². The van der Waals surface area contributed by atoms with Crippen LogP contribution in [0.5, 0.6) is 0 Å². The van der Waals surface area contributed by atoms with Gasteiger partial charge in [0.25, 0.3) is 0 Å². The van der Waals surface area contributed by atoms with Crippen molar-refractivity contribution in [3.8, 4) is 0 Å². The van der Waals surface area contributed by atoms with E-state index in [0.29, 0.717) is 0 Å². The van der Waals surface area contributed by atoms with Crippen molar-refractivity contribution in [2.75, 3.05) is 6.54 Å². The van der Waals surface area contributed by atoms with Crippen LogP contribution in [-0.2, 0) is 0 Å². The van der Waals surface area contributed by atoms with Crippen LogP contribution in [0, 0.1) is 0 Å². The molecule has 40 valence electrons. The highest BCUT2D eigenvalue weighted by Crippen LogP contribution is 2.12. The summed E-state index contributed by atoms with van der Waals surface area (Å²) in [7, 11) is 0. The first-order valence-corrected chi connectivity index (χ1v) is 2.56. The molecule has 2 nitrogen and oxygen atoms in total. The standard InChI is InChI=1S/C4H7ClN2/c1-4(5)6-2-3-7-4/h2,7H,3H2,1H3. The van der Waals surface area contributed by atoms with E-state index in [9.17, 15) is 0 Å². The summed E-state index contributed by atoms with van der Waals surface area (Å²) in [5.41, 5.74) is 0. The highest BCUT2D eigenvalue weighted by molar-refractivity contribution is 6.24. The van der Waals surface area contributed by atoms with Crippen molar-refractivity contribution in [3.05, 3.63) is 0 Å². The number of hydrogen-bond acceptors (Lipinski definition) is 2. The van der Waals surface area contributed by atoms with Gasteiger partial charge in [-0.15, -0.1) is 0 Å². The molecule has 1 unspecified atom stereocenters. The van der Waals surface area contributed by atoms with Gasteiger partial charge in [-0.05, 0) is 6.92 Å². The summed E-state index contributed by atoms with van der Waals surface area (Å²) in [6.45, 7) is 2.61. The van der Waals surface area contributed by atoms with Gasteiger partial charge >= 0.3 is 0 Å². The zero-order valence-electron chi connectivity index (χ0n) is 4.11. The Kier molecular flexibility index (Phi) is 1.05. The highest BCUT2D eigenvalue weighted by atomic mass is 35.5. The average molecular weight is 119 g/mol. The topological polar surface area (TPSA) is 24.4 Å². The minimum Gasteiger partial charge on any atom is -0.276 e. The van der Waals surface area contributed by atoms with Gasteiger partial charge in [-0.2, -0.15) is 0 Å². The van der Waals surface area contributed by atoms with Crippen molar-refractivity contribution in [3.63, 3.8) is 0 Å². The molecule has 0 saturated carbocycles. The summed E-state index contributed by atoms with van der Waals surface area (Å²) in [6.07, 6.45) is 1.77. The fourth-order valence-corrected chi connectivity index (χ4v) is 0.641. The molecule has 1 aliphatic heterocycles. The van der Waals surface area contributed by atoms with Gasteiger partial charge in [0.05, 0.1) is 0 Å². The molecule has 0 amide bonds. The Morgan fingerprint density at radius 3 is 2.86 bits per heavy atom. The summed E-state index contributed by atoms with van der Waals surface area (Å²) in [4.78, 5) is 3.90. The molecule has 0 spiro atoms. The van der Waals surface area contributed by atoms with E-state index in [0.717, 1.165) is 6.54 Å². The minimum atomic E-state index is -0.514. The number of nitrogens with one attached hydrogen (secondary N) is 1. The molecule has 0 saturated heterocycles. The Balaban J connectivity index is 2.57. The third-order valence-electron chi connectivity index (χ3n) is 0.850. The van der Waals surface area contributed by atoms with E-state index in [1.807, 2.05) is 6.92 Å². The van der Waals surface area contributed by atoms with Crippen LogP contribution < -0.4 is 5.32 Å². The minimum absolute atomic E-state index is 0.514. The second-order valence-corrected chi connectivity index (χ2v) is 2.38. The SMILES string of the molecule is CC1(Cl)N=CCN1. The molecule has 7 heavy (non-hydrogen) atoms. The summed E-state index contributed by atoms with van der Waals surface area (Å²) in [5, 5.41) is 2.43. The van der Waals surface area contributed by atoms with E-state index in [-0.39, 0.29) is 0 Å². The fourth-order valence-electron chi connectivity index (χ4n) is 0.495. The summed E-state index contributed by atoms with van der Waals surface area (Å²) >= 11 is 5.66. The molecular weight excluding hydrogens is 112 g/mol. The Morgan fingerprint density at radius 2 is 2.71 bits per heavy atom. The first-order chi connectivity index (χ1) is 3.21. The van der Waals surface area contributed by atoms with Crippen molar-refractivity contribution in [2.24, 2.45) is 4.99 Å². The third-order valence-corrected chi connectivity index (χ3v) is 1.08. The largest absolute Gasteiger partial charge is 0.276 e. The molecule has 0 bridgehead atoms. The fraction of sp³-hybridized carbons (Fsp3) is 0.750. The lowest BCUT2D eigenvalue weighted by Crippen LogP contribution is -2.29. The van der Waals surface area contributed by atoms with Crippen LogP contribution in [0.2, 0.25) is 0 Å². The van der Waals surface area contributed by atoms with Crippen LogP contribution in [0.4, 0.5) is 0 Å². The molecule has 1 heterocycles. The molecule has 3 heteroatoms. The van der Waals surface area contributed by atoms with Gasteiger partial charge in [0.1, 0.15) is 0 Å². The first kappa shape index (κ1) is 5.06.